The normalized spacial score (nSPS) is 12.8. The maximum absolute atomic E-state index is 6.29. The van der Waals surface area contributed by atoms with E-state index in [-0.39, 0.29) is 6.10 Å². The van der Waals surface area contributed by atoms with Crippen molar-refractivity contribution >= 4 is 11.6 Å². The van der Waals surface area contributed by atoms with E-state index in [1.165, 1.54) is 0 Å². The fourth-order valence-electron chi connectivity index (χ4n) is 1.95. The number of hydrogen-bond acceptors (Lipinski definition) is 3. The second-order valence-electron chi connectivity index (χ2n) is 4.99. The van der Waals surface area contributed by atoms with Gasteiger partial charge in [0.15, 0.2) is 0 Å². The molecule has 0 aliphatic rings. The summed E-state index contributed by atoms with van der Waals surface area (Å²) in [7, 11) is 5.94. The van der Waals surface area contributed by atoms with E-state index in [1.807, 2.05) is 57.7 Å². The standard InChI is InChI=1S/C15H20ClN3O/c1-18(2)10-11-20-15(14-8-9-19(3)17-14)12-6-4-5-7-13(12)16/h4-9,15H,10-11H2,1-3H3/t15-/m0/s1. The molecule has 0 spiro atoms. The largest absolute Gasteiger partial charge is 0.366 e. The quantitative estimate of drug-likeness (QED) is 0.820. The maximum atomic E-state index is 6.29. The minimum Gasteiger partial charge on any atom is -0.366 e. The van der Waals surface area contributed by atoms with Gasteiger partial charge in [-0.2, -0.15) is 5.10 Å². The topological polar surface area (TPSA) is 30.3 Å². The molecule has 0 amide bonds. The lowest BCUT2D eigenvalue weighted by molar-refractivity contribution is 0.0659. The van der Waals surface area contributed by atoms with Crippen molar-refractivity contribution in [2.75, 3.05) is 27.2 Å². The predicted octanol–water partition coefficient (Wildman–Crippen LogP) is 2.74. The van der Waals surface area contributed by atoms with Gasteiger partial charge < -0.3 is 9.64 Å². The van der Waals surface area contributed by atoms with Gasteiger partial charge in [-0.3, -0.25) is 4.68 Å². The average molecular weight is 294 g/mol. The van der Waals surface area contributed by atoms with Crippen LogP contribution in [0.4, 0.5) is 0 Å². The fourth-order valence-corrected chi connectivity index (χ4v) is 2.18. The third-order valence-corrected chi connectivity index (χ3v) is 3.36. The number of likely N-dealkylation sites (N-methyl/N-ethyl adjacent to an activating group) is 1. The van der Waals surface area contributed by atoms with Crippen LogP contribution in [0.2, 0.25) is 5.02 Å². The number of ether oxygens (including phenoxy) is 1. The number of aryl methyl sites for hydroxylation is 1. The number of aromatic nitrogens is 2. The van der Waals surface area contributed by atoms with E-state index in [9.17, 15) is 0 Å². The Morgan fingerprint density at radius 2 is 2.05 bits per heavy atom. The Kier molecular flexibility index (Phi) is 5.17. The number of halogens is 1. The Hall–Kier alpha value is -1.36. The molecule has 108 valence electrons. The fraction of sp³-hybridized carbons (Fsp3) is 0.400. The molecule has 0 aliphatic heterocycles. The molecule has 0 radical (unpaired) electrons. The molecule has 0 fully saturated rings. The summed E-state index contributed by atoms with van der Waals surface area (Å²) < 4.78 is 7.79. The highest BCUT2D eigenvalue weighted by Crippen LogP contribution is 2.30. The predicted molar refractivity (Wildman–Crippen MR) is 81.0 cm³/mol. The van der Waals surface area contributed by atoms with Crippen molar-refractivity contribution in [2.24, 2.45) is 7.05 Å². The van der Waals surface area contributed by atoms with Gasteiger partial charge >= 0.3 is 0 Å². The van der Waals surface area contributed by atoms with Crippen LogP contribution >= 0.6 is 11.6 Å². The smallest absolute Gasteiger partial charge is 0.128 e. The molecule has 0 saturated carbocycles. The van der Waals surface area contributed by atoms with Crippen molar-refractivity contribution in [3.05, 3.63) is 52.8 Å². The summed E-state index contributed by atoms with van der Waals surface area (Å²) in [5, 5.41) is 5.15. The minimum atomic E-state index is -0.232. The Morgan fingerprint density at radius 3 is 2.65 bits per heavy atom. The average Bonchev–Trinajstić information content (AvgIpc) is 2.82. The maximum Gasteiger partial charge on any atom is 0.128 e. The first-order valence-corrected chi connectivity index (χ1v) is 6.96. The lowest BCUT2D eigenvalue weighted by Gasteiger charge is -2.19. The van der Waals surface area contributed by atoms with Crippen LogP contribution in [0.25, 0.3) is 0 Å². The summed E-state index contributed by atoms with van der Waals surface area (Å²) in [5.41, 5.74) is 1.82. The molecule has 5 heteroatoms. The molecule has 1 heterocycles. The summed E-state index contributed by atoms with van der Waals surface area (Å²) in [6, 6.07) is 9.71. The van der Waals surface area contributed by atoms with Crippen molar-refractivity contribution in [3.8, 4) is 0 Å². The van der Waals surface area contributed by atoms with E-state index >= 15 is 0 Å². The molecule has 2 rings (SSSR count). The zero-order valence-electron chi connectivity index (χ0n) is 12.1. The highest BCUT2D eigenvalue weighted by Gasteiger charge is 2.19. The molecule has 1 atom stereocenters. The third-order valence-electron chi connectivity index (χ3n) is 3.01. The lowest BCUT2D eigenvalue weighted by atomic mass is 10.1. The van der Waals surface area contributed by atoms with Gasteiger partial charge in [0.1, 0.15) is 6.10 Å². The molecule has 0 unspecified atom stereocenters. The molecule has 1 aromatic carbocycles. The summed E-state index contributed by atoms with van der Waals surface area (Å²) in [6.07, 6.45) is 1.68. The molecule has 20 heavy (non-hydrogen) atoms. The van der Waals surface area contributed by atoms with Crippen LogP contribution < -0.4 is 0 Å². The van der Waals surface area contributed by atoms with E-state index in [4.69, 9.17) is 16.3 Å². The van der Waals surface area contributed by atoms with E-state index in [0.29, 0.717) is 11.6 Å². The van der Waals surface area contributed by atoms with Crippen molar-refractivity contribution in [1.29, 1.82) is 0 Å². The molecule has 0 bridgehead atoms. The van der Waals surface area contributed by atoms with Crippen LogP contribution in [-0.4, -0.2) is 41.9 Å². The summed E-state index contributed by atoms with van der Waals surface area (Å²) in [6.45, 7) is 1.48. The summed E-state index contributed by atoms with van der Waals surface area (Å²) >= 11 is 6.29. The summed E-state index contributed by atoms with van der Waals surface area (Å²) in [4.78, 5) is 2.09. The Bertz CT molecular complexity index is 554. The number of hydrogen-bond donors (Lipinski definition) is 0. The second-order valence-corrected chi connectivity index (χ2v) is 5.40. The van der Waals surface area contributed by atoms with Crippen LogP contribution in [0.3, 0.4) is 0 Å². The van der Waals surface area contributed by atoms with Crippen LogP contribution in [-0.2, 0) is 11.8 Å². The van der Waals surface area contributed by atoms with Gasteiger partial charge in [-0.25, -0.2) is 0 Å². The van der Waals surface area contributed by atoms with Crippen LogP contribution in [0.5, 0.6) is 0 Å². The Morgan fingerprint density at radius 1 is 1.30 bits per heavy atom. The van der Waals surface area contributed by atoms with E-state index in [0.717, 1.165) is 17.8 Å². The molecular weight excluding hydrogens is 274 g/mol. The van der Waals surface area contributed by atoms with Gasteiger partial charge in [0.2, 0.25) is 0 Å². The van der Waals surface area contributed by atoms with Crippen molar-refractivity contribution < 1.29 is 4.74 Å². The Labute approximate surface area is 124 Å². The van der Waals surface area contributed by atoms with Gasteiger partial charge in [0, 0.05) is 30.4 Å². The van der Waals surface area contributed by atoms with E-state index in [1.54, 1.807) is 4.68 Å². The number of benzene rings is 1. The number of rotatable bonds is 6. The zero-order chi connectivity index (χ0) is 14.5. The minimum absolute atomic E-state index is 0.232. The molecule has 0 aliphatic carbocycles. The monoisotopic (exact) mass is 293 g/mol. The summed E-state index contributed by atoms with van der Waals surface area (Å²) in [5.74, 6) is 0. The lowest BCUT2D eigenvalue weighted by Crippen LogP contribution is -2.20. The molecule has 0 N–H and O–H groups in total. The first-order valence-electron chi connectivity index (χ1n) is 6.58. The molecule has 0 saturated heterocycles. The Balaban J connectivity index is 2.22. The van der Waals surface area contributed by atoms with E-state index in [2.05, 4.69) is 10.00 Å². The van der Waals surface area contributed by atoms with Crippen LogP contribution in [0.1, 0.15) is 17.4 Å². The van der Waals surface area contributed by atoms with Gasteiger partial charge in [0.25, 0.3) is 0 Å². The molecule has 4 nitrogen and oxygen atoms in total. The highest BCUT2D eigenvalue weighted by molar-refractivity contribution is 6.31. The second kappa shape index (κ2) is 6.88. The first-order chi connectivity index (χ1) is 9.58. The zero-order valence-corrected chi connectivity index (χ0v) is 12.8. The van der Waals surface area contributed by atoms with Crippen LogP contribution in [0.15, 0.2) is 36.5 Å². The molecule has 1 aromatic heterocycles. The van der Waals surface area contributed by atoms with Gasteiger partial charge in [-0.1, -0.05) is 29.8 Å². The number of nitrogens with zero attached hydrogens (tertiary/aromatic N) is 3. The third kappa shape index (κ3) is 3.82. The van der Waals surface area contributed by atoms with Gasteiger partial charge in [-0.05, 0) is 26.2 Å². The molecular formula is C15H20ClN3O. The van der Waals surface area contributed by atoms with Crippen molar-refractivity contribution in [2.45, 2.75) is 6.10 Å². The van der Waals surface area contributed by atoms with Crippen molar-refractivity contribution in [3.63, 3.8) is 0 Å². The highest BCUT2D eigenvalue weighted by atomic mass is 35.5. The van der Waals surface area contributed by atoms with E-state index < -0.39 is 0 Å². The van der Waals surface area contributed by atoms with Gasteiger partial charge in [0.05, 0.1) is 12.3 Å². The first kappa shape index (κ1) is 15.0. The van der Waals surface area contributed by atoms with Crippen LogP contribution in [0, 0.1) is 0 Å². The van der Waals surface area contributed by atoms with Gasteiger partial charge in [-0.15, -0.1) is 0 Å². The molecule has 2 aromatic rings. The SMILES string of the molecule is CN(C)CCO[C@H](c1ccn(C)n1)c1ccccc1Cl. The van der Waals surface area contributed by atoms with Crippen molar-refractivity contribution in [1.82, 2.24) is 14.7 Å².